The van der Waals surface area contributed by atoms with Crippen LogP contribution in [0, 0.1) is 11.3 Å². The molecule has 2 aliphatic heterocycles. The minimum atomic E-state index is 0.278. The molecule has 108 valence electrons. The molecule has 0 spiro atoms. The van der Waals surface area contributed by atoms with Crippen molar-refractivity contribution < 1.29 is 4.74 Å². The molecule has 3 aliphatic rings. The van der Waals surface area contributed by atoms with Gasteiger partial charge in [-0.15, -0.1) is 11.8 Å². The lowest BCUT2D eigenvalue weighted by Gasteiger charge is -2.56. The van der Waals surface area contributed by atoms with Gasteiger partial charge in [0.15, 0.2) is 0 Å². The quantitative estimate of drug-likeness (QED) is 0.898. The van der Waals surface area contributed by atoms with Crippen molar-refractivity contribution in [1.82, 2.24) is 5.32 Å². The first-order valence-electron chi connectivity index (χ1n) is 7.77. The second-order valence-corrected chi connectivity index (χ2v) is 8.07. The van der Waals surface area contributed by atoms with E-state index in [4.69, 9.17) is 4.74 Å². The van der Waals surface area contributed by atoms with Gasteiger partial charge in [0.2, 0.25) is 0 Å². The van der Waals surface area contributed by atoms with Crippen LogP contribution in [0.25, 0.3) is 0 Å². The molecule has 3 heteroatoms. The third-order valence-electron chi connectivity index (χ3n) is 5.44. The van der Waals surface area contributed by atoms with E-state index < -0.39 is 0 Å². The van der Waals surface area contributed by atoms with Gasteiger partial charge in [-0.1, -0.05) is 32.0 Å². The number of rotatable bonds is 2. The van der Waals surface area contributed by atoms with Gasteiger partial charge in [-0.3, -0.25) is 0 Å². The van der Waals surface area contributed by atoms with E-state index in [0.717, 1.165) is 12.5 Å². The zero-order valence-electron chi connectivity index (χ0n) is 12.3. The Morgan fingerprint density at radius 3 is 3.00 bits per heavy atom. The molecule has 1 aromatic carbocycles. The van der Waals surface area contributed by atoms with E-state index in [9.17, 15) is 0 Å². The maximum absolute atomic E-state index is 5.91. The Morgan fingerprint density at radius 1 is 1.25 bits per heavy atom. The van der Waals surface area contributed by atoms with Crippen molar-refractivity contribution in [2.45, 2.75) is 49.8 Å². The minimum absolute atomic E-state index is 0.278. The molecule has 20 heavy (non-hydrogen) atoms. The Hall–Kier alpha value is -0.510. The highest BCUT2D eigenvalue weighted by Gasteiger charge is 2.59. The molecular formula is C17H23NOS. The average Bonchev–Trinajstić information content (AvgIpc) is 2.92. The van der Waals surface area contributed by atoms with Crippen molar-refractivity contribution in [2.75, 3.05) is 12.4 Å². The Balaban J connectivity index is 1.56. The smallest absolute Gasteiger partial charge is 0.0685 e. The Kier molecular flexibility index (Phi) is 3.13. The Bertz CT molecular complexity index is 515. The molecule has 1 aromatic rings. The maximum Gasteiger partial charge on any atom is 0.0685 e. The molecule has 0 radical (unpaired) electrons. The lowest BCUT2D eigenvalue weighted by Crippen LogP contribution is -2.66. The SMILES string of the molecule is CC1(C)C(NC2CCSc3ccccc32)C2CCOC21. The van der Waals surface area contributed by atoms with Gasteiger partial charge in [0.1, 0.15) is 0 Å². The Morgan fingerprint density at radius 2 is 2.10 bits per heavy atom. The molecule has 4 rings (SSSR count). The molecule has 0 amide bonds. The first kappa shape index (κ1) is 13.2. The summed E-state index contributed by atoms with van der Waals surface area (Å²) in [5.74, 6) is 1.96. The summed E-state index contributed by atoms with van der Waals surface area (Å²) in [6.07, 6.45) is 2.95. The Labute approximate surface area is 125 Å². The fraction of sp³-hybridized carbons (Fsp3) is 0.647. The lowest BCUT2D eigenvalue weighted by molar-refractivity contribution is -0.115. The molecule has 4 atom stereocenters. The van der Waals surface area contributed by atoms with Gasteiger partial charge < -0.3 is 10.1 Å². The van der Waals surface area contributed by atoms with Crippen LogP contribution in [0.2, 0.25) is 0 Å². The summed E-state index contributed by atoms with van der Waals surface area (Å²) in [5, 5.41) is 3.98. The van der Waals surface area contributed by atoms with Crippen molar-refractivity contribution in [1.29, 1.82) is 0 Å². The van der Waals surface area contributed by atoms with Gasteiger partial charge in [-0.25, -0.2) is 0 Å². The highest BCUT2D eigenvalue weighted by Crippen LogP contribution is 2.53. The van der Waals surface area contributed by atoms with E-state index in [1.165, 1.54) is 29.1 Å². The summed E-state index contributed by atoms with van der Waals surface area (Å²) in [6, 6.07) is 10.0. The minimum Gasteiger partial charge on any atom is -0.377 e. The largest absolute Gasteiger partial charge is 0.377 e. The lowest BCUT2D eigenvalue weighted by atomic mass is 9.57. The van der Waals surface area contributed by atoms with Crippen LogP contribution in [0.5, 0.6) is 0 Å². The summed E-state index contributed by atoms with van der Waals surface area (Å²) >= 11 is 2.00. The molecule has 0 bridgehead atoms. The van der Waals surface area contributed by atoms with Crippen molar-refractivity contribution in [2.24, 2.45) is 11.3 Å². The van der Waals surface area contributed by atoms with Gasteiger partial charge in [0, 0.05) is 34.9 Å². The predicted octanol–water partition coefficient (Wildman–Crippen LogP) is 3.63. The number of thioether (sulfide) groups is 1. The molecule has 1 saturated carbocycles. The van der Waals surface area contributed by atoms with Gasteiger partial charge in [-0.2, -0.15) is 0 Å². The first-order valence-corrected chi connectivity index (χ1v) is 8.76. The van der Waals surface area contributed by atoms with Gasteiger partial charge in [0.05, 0.1) is 6.10 Å². The number of nitrogens with one attached hydrogen (secondary N) is 1. The summed E-state index contributed by atoms with van der Waals surface area (Å²) in [6.45, 7) is 5.68. The van der Waals surface area contributed by atoms with Gasteiger partial charge >= 0.3 is 0 Å². The monoisotopic (exact) mass is 289 g/mol. The fourth-order valence-electron chi connectivity index (χ4n) is 4.39. The normalized spacial score (nSPS) is 37.9. The van der Waals surface area contributed by atoms with Crippen molar-refractivity contribution in [3.8, 4) is 0 Å². The molecule has 2 fully saturated rings. The van der Waals surface area contributed by atoms with Crippen molar-refractivity contribution in [3.63, 3.8) is 0 Å². The standard InChI is InChI=1S/C17H23NOS/c1-17(2)15(12-7-9-19-16(12)17)18-13-8-10-20-14-6-4-3-5-11(13)14/h3-6,12-13,15-16,18H,7-10H2,1-2H3. The van der Waals surface area contributed by atoms with Gasteiger partial charge in [0.25, 0.3) is 0 Å². The maximum atomic E-state index is 5.91. The molecule has 2 nitrogen and oxygen atoms in total. The molecule has 0 aromatic heterocycles. The van der Waals surface area contributed by atoms with Crippen molar-refractivity contribution in [3.05, 3.63) is 29.8 Å². The van der Waals surface area contributed by atoms with Crippen LogP contribution in [-0.4, -0.2) is 24.5 Å². The van der Waals surface area contributed by atoms with Crippen LogP contribution in [0.15, 0.2) is 29.2 Å². The molecule has 2 heterocycles. The van der Waals surface area contributed by atoms with E-state index >= 15 is 0 Å². The van der Waals surface area contributed by atoms with Crippen molar-refractivity contribution >= 4 is 11.8 Å². The van der Waals surface area contributed by atoms with E-state index in [1.807, 2.05) is 11.8 Å². The zero-order valence-corrected chi connectivity index (χ0v) is 13.1. The van der Waals surface area contributed by atoms with E-state index in [0.29, 0.717) is 18.2 Å². The van der Waals surface area contributed by atoms with Crippen LogP contribution < -0.4 is 5.32 Å². The summed E-state index contributed by atoms with van der Waals surface area (Å²) in [4.78, 5) is 1.47. The molecule has 1 N–H and O–H groups in total. The topological polar surface area (TPSA) is 21.3 Å². The predicted molar refractivity (Wildman–Crippen MR) is 83.1 cm³/mol. The third kappa shape index (κ3) is 1.87. The number of ether oxygens (including phenoxy) is 1. The van der Waals surface area contributed by atoms with Crippen LogP contribution in [0.4, 0.5) is 0 Å². The molecule has 1 saturated heterocycles. The number of hydrogen-bond acceptors (Lipinski definition) is 3. The number of hydrogen-bond donors (Lipinski definition) is 1. The number of fused-ring (bicyclic) bond motifs is 2. The first-order chi connectivity index (χ1) is 9.68. The van der Waals surface area contributed by atoms with Crippen LogP contribution in [-0.2, 0) is 4.74 Å². The number of benzene rings is 1. The average molecular weight is 289 g/mol. The summed E-state index contributed by atoms with van der Waals surface area (Å²) < 4.78 is 5.91. The highest BCUT2D eigenvalue weighted by atomic mass is 32.2. The van der Waals surface area contributed by atoms with Gasteiger partial charge in [-0.05, 0) is 30.2 Å². The van der Waals surface area contributed by atoms with Crippen LogP contribution in [0.3, 0.4) is 0 Å². The van der Waals surface area contributed by atoms with Crippen LogP contribution in [0.1, 0.15) is 38.3 Å². The fourth-order valence-corrected chi connectivity index (χ4v) is 5.52. The summed E-state index contributed by atoms with van der Waals surface area (Å²) in [5.41, 5.74) is 1.78. The van der Waals surface area contributed by atoms with E-state index in [1.54, 1.807) is 0 Å². The molecule has 4 unspecified atom stereocenters. The third-order valence-corrected chi connectivity index (χ3v) is 6.56. The van der Waals surface area contributed by atoms with E-state index in [-0.39, 0.29) is 5.41 Å². The van der Waals surface area contributed by atoms with Crippen LogP contribution >= 0.6 is 11.8 Å². The highest BCUT2D eigenvalue weighted by molar-refractivity contribution is 7.99. The van der Waals surface area contributed by atoms with E-state index in [2.05, 4.69) is 43.4 Å². The summed E-state index contributed by atoms with van der Waals surface area (Å²) in [7, 11) is 0. The zero-order chi connectivity index (χ0) is 13.7. The second kappa shape index (κ2) is 4.75. The molecule has 1 aliphatic carbocycles. The second-order valence-electron chi connectivity index (χ2n) is 6.94. The molecular weight excluding hydrogens is 266 g/mol.